The third kappa shape index (κ3) is 2.73. The maximum Gasteiger partial charge on any atom is 0.162 e. The van der Waals surface area contributed by atoms with Gasteiger partial charge in [0.25, 0.3) is 0 Å². The minimum atomic E-state index is 0.335. The molecule has 4 rings (SSSR count). The van der Waals surface area contributed by atoms with Crippen LogP contribution in [0.5, 0.6) is 5.75 Å². The number of pyridine rings is 1. The molecule has 24 heavy (non-hydrogen) atoms. The van der Waals surface area contributed by atoms with Crippen molar-refractivity contribution in [2.75, 3.05) is 30.4 Å². The molecule has 0 amide bonds. The van der Waals surface area contributed by atoms with Gasteiger partial charge in [-0.2, -0.15) is 0 Å². The fourth-order valence-corrected chi connectivity index (χ4v) is 3.35. The number of anilines is 2. The Morgan fingerprint density at radius 1 is 1.29 bits per heavy atom. The van der Waals surface area contributed by atoms with Crippen molar-refractivity contribution in [3.63, 3.8) is 0 Å². The number of nitrogens with zero attached hydrogens (tertiary/aromatic N) is 4. The van der Waals surface area contributed by atoms with Gasteiger partial charge in [-0.05, 0) is 36.8 Å². The highest BCUT2D eigenvalue weighted by Gasteiger charge is 2.25. The van der Waals surface area contributed by atoms with E-state index in [0.717, 1.165) is 47.4 Å². The summed E-state index contributed by atoms with van der Waals surface area (Å²) >= 11 is 6.16. The molecule has 3 heterocycles. The van der Waals surface area contributed by atoms with E-state index in [4.69, 9.17) is 16.3 Å². The van der Waals surface area contributed by atoms with Gasteiger partial charge in [0.1, 0.15) is 17.9 Å². The SMILES string of the molecule is COc1ccc(Cl)cc1N1CCC(Nc2cccc3nncn23)C1. The Hall–Kier alpha value is -2.47. The van der Waals surface area contributed by atoms with Crippen LogP contribution in [0.3, 0.4) is 0 Å². The molecular weight excluding hydrogens is 326 g/mol. The number of fused-ring (bicyclic) bond motifs is 1. The Morgan fingerprint density at radius 2 is 2.21 bits per heavy atom. The molecule has 6 nitrogen and oxygen atoms in total. The van der Waals surface area contributed by atoms with E-state index in [-0.39, 0.29) is 0 Å². The first-order chi connectivity index (χ1) is 11.7. The molecule has 1 unspecified atom stereocenters. The van der Waals surface area contributed by atoms with Crippen LogP contribution in [0.25, 0.3) is 5.65 Å². The molecule has 1 aliphatic rings. The molecule has 2 aromatic heterocycles. The van der Waals surface area contributed by atoms with Crippen LogP contribution in [0.15, 0.2) is 42.7 Å². The number of nitrogens with one attached hydrogen (secondary N) is 1. The molecule has 1 saturated heterocycles. The van der Waals surface area contributed by atoms with E-state index in [2.05, 4.69) is 20.4 Å². The second kappa shape index (κ2) is 6.20. The van der Waals surface area contributed by atoms with E-state index in [1.54, 1.807) is 13.4 Å². The van der Waals surface area contributed by atoms with E-state index in [1.807, 2.05) is 40.8 Å². The second-order valence-corrected chi connectivity index (χ2v) is 6.30. The van der Waals surface area contributed by atoms with Gasteiger partial charge >= 0.3 is 0 Å². The van der Waals surface area contributed by atoms with Gasteiger partial charge in [0, 0.05) is 24.2 Å². The van der Waals surface area contributed by atoms with Gasteiger partial charge in [-0.25, -0.2) is 0 Å². The molecule has 1 aromatic carbocycles. The van der Waals surface area contributed by atoms with Crippen LogP contribution in [0, 0.1) is 0 Å². The number of halogens is 1. The quantitative estimate of drug-likeness (QED) is 0.789. The Balaban J connectivity index is 1.53. The number of rotatable bonds is 4. The highest BCUT2D eigenvalue weighted by Crippen LogP contribution is 2.33. The lowest BCUT2D eigenvalue weighted by Crippen LogP contribution is -2.27. The summed E-state index contributed by atoms with van der Waals surface area (Å²) in [5, 5.41) is 12.4. The van der Waals surface area contributed by atoms with E-state index in [9.17, 15) is 0 Å². The van der Waals surface area contributed by atoms with Crippen molar-refractivity contribution < 1.29 is 4.74 Å². The molecular formula is C17H18ClN5O. The molecule has 3 aromatic rings. The molecule has 0 radical (unpaired) electrons. The first-order valence-electron chi connectivity index (χ1n) is 7.88. The molecule has 1 N–H and O–H groups in total. The lowest BCUT2D eigenvalue weighted by atomic mass is 10.2. The third-order valence-electron chi connectivity index (χ3n) is 4.35. The molecule has 1 aliphatic heterocycles. The molecule has 1 fully saturated rings. The van der Waals surface area contributed by atoms with Gasteiger partial charge in [0.15, 0.2) is 5.65 Å². The van der Waals surface area contributed by atoms with Crippen molar-refractivity contribution in [3.8, 4) is 5.75 Å². The Kier molecular flexibility index (Phi) is 3.90. The lowest BCUT2D eigenvalue weighted by Gasteiger charge is -2.22. The smallest absolute Gasteiger partial charge is 0.162 e. The molecule has 0 bridgehead atoms. The Labute approximate surface area is 145 Å². The summed E-state index contributed by atoms with van der Waals surface area (Å²) in [6.45, 7) is 1.84. The Morgan fingerprint density at radius 3 is 3.08 bits per heavy atom. The molecule has 124 valence electrons. The molecule has 0 saturated carbocycles. The van der Waals surface area contributed by atoms with Crippen LogP contribution in [-0.4, -0.2) is 40.8 Å². The zero-order chi connectivity index (χ0) is 16.5. The zero-order valence-electron chi connectivity index (χ0n) is 13.3. The van der Waals surface area contributed by atoms with Crippen molar-refractivity contribution in [1.82, 2.24) is 14.6 Å². The fourth-order valence-electron chi connectivity index (χ4n) is 3.18. The van der Waals surface area contributed by atoms with Gasteiger partial charge in [-0.1, -0.05) is 17.7 Å². The van der Waals surface area contributed by atoms with Crippen molar-refractivity contribution >= 4 is 28.8 Å². The number of benzene rings is 1. The van der Waals surface area contributed by atoms with Crippen LogP contribution < -0.4 is 15.0 Å². The number of hydrogen-bond acceptors (Lipinski definition) is 5. The lowest BCUT2D eigenvalue weighted by molar-refractivity contribution is 0.415. The second-order valence-electron chi connectivity index (χ2n) is 5.86. The minimum absolute atomic E-state index is 0.335. The van der Waals surface area contributed by atoms with Crippen molar-refractivity contribution in [1.29, 1.82) is 0 Å². The van der Waals surface area contributed by atoms with E-state index < -0.39 is 0 Å². The van der Waals surface area contributed by atoms with E-state index >= 15 is 0 Å². The monoisotopic (exact) mass is 343 g/mol. The molecule has 1 atom stereocenters. The van der Waals surface area contributed by atoms with Crippen molar-refractivity contribution in [2.45, 2.75) is 12.5 Å². The summed E-state index contributed by atoms with van der Waals surface area (Å²) in [5.41, 5.74) is 1.88. The van der Waals surface area contributed by atoms with Gasteiger partial charge in [0.05, 0.1) is 12.8 Å². The maximum absolute atomic E-state index is 6.16. The highest BCUT2D eigenvalue weighted by atomic mass is 35.5. The first kappa shape index (κ1) is 15.1. The molecule has 0 spiro atoms. The van der Waals surface area contributed by atoms with E-state index in [0.29, 0.717) is 6.04 Å². The predicted octanol–water partition coefficient (Wildman–Crippen LogP) is 3.08. The van der Waals surface area contributed by atoms with Crippen LogP contribution in [0.4, 0.5) is 11.5 Å². The summed E-state index contributed by atoms with van der Waals surface area (Å²) < 4.78 is 7.43. The van der Waals surface area contributed by atoms with Crippen LogP contribution in [0.1, 0.15) is 6.42 Å². The normalized spacial score (nSPS) is 17.4. The Bertz CT molecular complexity index is 865. The summed E-state index contributed by atoms with van der Waals surface area (Å²) in [7, 11) is 1.69. The van der Waals surface area contributed by atoms with Gasteiger partial charge in [-0.15, -0.1) is 10.2 Å². The predicted molar refractivity (Wildman–Crippen MR) is 95.2 cm³/mol. The number of ether oxygens (including phenoxy) is 1. The van der Waals surface area contributed by atoms with E-state index in [1.165, 1.54) is 0 Å². The van der Waals surface area contributed by atoms with Gasteiger partial charge in [-0.3, -0.25) is 4.40 Å². The van der Waals surface area contributed by atoms with Crippen molar-refractivity contribution in [3.05, 3.63) is 47.7 Å². The average molecular weight is 344 g/mol. The number of hydrogen-bond donors (Lipinski definition) is 1. The maximum atomic E-state index is 6.16. The number of methoxy groups -OCH3 is 1. The third-order valence-corrected chi connectivity index (χ3v) is 4.59. The van der Waals surface area contributed by atoms with Crippen molar-refractivity contribution in [2.24, 2.45) is 0 Å². The zero-order valence-corrected chi connectivity index (χ0v) is 14.1. The molecule has 0 aliphatic carbocycles. The first-order valence-corrected chi connectivity index (χ1v) is 8.26. The summed E-state index contributed by atoms with van der Waals surface area (Å²) in [6, 6.07) is 12.0. The highest BCUT2D eigenvalue weighted by molar-refractivity contribution is 6.30. The fraction of sp³-hybridized carbons (Fsp3) is 0.294. The minimum Gasteiger partial charge on any atom is -0.495 e. The van der Waals surface area contributed by atoms with Crippen LogP contribution in [-0.2, 0) is 0 Å². The van der Waals surface area contributed by atoms with Crippen LogP contribution in [0.2, 0.25) is 5.02 Å². The summed E-state index contributed by atoms with van der Waals surface area (Å²) in [6.07, 6.45) is 2.76. The average Bonchev–Trinajstić information content (AvgIpc) is 3.24. The standard InChI is InChI=1S/C17H18ClN5O/c1-24-15-6-5-12(18)9-14(15)22-8-7-13(10-22)20-16-3-2-4-17-21-19-11-23(16)17/h2-6,9,11,13,20H,7-8,10H2,1H3. The number of aromatic nitrogens is 3. The summed E-state index contributed by atoms with van der Waals surface area (Å²) in [5.74, 6) is 1.85. The topological polar surface area (TPSA) is 54.7 Å². The van der Waals surface area contributed by atoms with Gasteiger partial charge < -0.3 is 15.0 Å². The van der Waals surface area contributed by atoms with Gasteiger partial charge in [0.2, 0.25) is 0 Å². The molecule has 7 heteroatoms. The van der Waals surface area contributed by atoms with Crippen LogP contribution >= 0.6 is 11.6 Å². The largest absolute Gasteiger partial charge is 0.495 e. The summed E-state index contributed by atoms with van der Waals surface area (Å²) in [4.78, 5) is 2.30.